The van der Waals surface area contributed by atoms with E-state index in [2.05, 4.69) is 4.74 Å². The topological polar surface area (TPSA) is 52.6 Å². The summed E-state index contributed by atoms with van der Waals surface area (Å²) in [6.45, 7) is 3.63. The first-order chi connectivity index (χ1) is 7.63. The summed E-state index contributed by atoms with van der Waals surface area (Å²) >= 11 is 0. The van der Waals surface area contributed by atoms with Crippen LogP contribution in [0.4, 0.5) is 4.79 Å². The first-order valence-electron chi connectivity index (χ1n) is 5.11. The monoisotopic (exact) mass is 222 g/mol. The third kappa shape index (κ3) is 3.73. The Bertz CT molecular complexity index is 384. The van der Waals surface area contributed by atoms with E-state index in [0.717, 1.165) is 5.56 Å². The van der Waals surface area contributed by atoms with Crippen molar-refractivity contribution in [2.45, 2.75) is 26.7 Å². The molecule has 0 saturated heterocycles. The van der Waals surface area contributed by atoms with Crippen molar-refractivity contribution in [1.29, 1.82) is 0 Å². The van der Waals surface area contributed by atoms with Crippen LogP contribution in [0.5, 0.6) is 5.75 Å². The fraction of sp³-hybridized carbons (Fsp3) is 0.333. The van der Waals surface area contributed by atoms with E-state index in [0.29, 0.717) is 12.2 Å². The predicted octanol–water partition coefficient (Wildman–Crippen LogP) is 2.84. The fourth-order valence-corrected chi connectivity index (χ4v) is 1.13. The van der Waals surface area contributed by atoms with E-state index < -0.39 is 12.1 Å². The van der Waals surface area contributed by atoms with Gasteiger partial charge in [-0.3, -0.25) is 4.79 Å². The lowest BCUT2D eigenvalue weighted by Gasteiger charge is -2.05. The normalized spacial score (nSPS) is 9.62. The standard InChI is InChI=1S/C12H14O4/c1-3-6-11(13)16-12(14)15-10-8-5-4-7-9(10)2/h4-5,7-8H,3,6H2,1-2H3. The van der Waals surface area contributed by atoms with Gasteiger partial charge in [0.15, 0.2) is 0 Å². The Hall–Kier alpha value is -1.84. The van der Waals surface area contributed by atoms with Gasteiger partial charge < -0.3 is 9.47 Å². The SMILES string of the molecule is CCCC(=O)OC(=O)Oc1ccccc1C. The summed E-state index contributed by atoms with van der Waals surface area (Å²) in [6.07, 6.45) is -0.132. The van der Waals surface area contributed by atoms with Crippen LogP contribution in [0, 0.1) is 6.92 Å². The van der Waals surface area contributed by atoms with Gasteiger partial charge in [-0.15, -0.1) is 0 Å². The minimum atomic E-state index is -0.979. The number of hydrogen-bond acceptors (Lipinski definition) is 4. The van der Waals surface area contributed by atoms with Crippen molar-refractivity contribution in [3.63, 3.8) is 0 Å². The molecule has 0 bridgehead atoms. The van der Waals surface area contributed by atoms with Crippen LogP contribution >= 0.6 is 0 Å². The van der Waals surface area contributed by atoms with Crippen molar-refractivity contribution < 1.29 is 19.1 Å². The number of benzene rings is 1. The summed E-state index contributed by atoms with van der Waals surface area (Å²) in [5.74, 6) is -0.169. The Labute approximate surface area is 94.2 Å². The first kappa shape index (κ1) is 12.2. The summed E-state index contributed by atoms with van der Waals surface area (Å²) in [6, 6.07) is 7.01. The summed E-state index contributed by atoms with van der Waals surface area (Å²) in [5, 5.41) is 0. The Morgan fingerprint density at radius 1 is 1.25 bits per heavy atom. The van der Waals surface area contributed by atoms with Gasteiger partial charge in [-0.25, -0.2) is 4.79 Å². The van der Waals surface area contributed by atoms with E-state index in [-0.39, 0.29) is 6.42 Å². The smallest absolute Gasteiger partial charge is 0.394 e. The van der Waals surface area contributed by atoms with Gasteiger partial charge in [0.05, 0.1) is 0 Å². The maximum Gasteiger partial charge on any atom is 0.521 e. The molecule has 0 aliphatic heterocycles. The molecule has 0 N–H and O–H groups in total. The lowest BCUT2D eigenvalue weighted by molar-refractivity contribution is -0.138. The summed E-state index contributed by atoms with van der Waals surface area (Å²) in [5.41, 5.74) is 0.808. The van der Waals surface area contributed by atoms with Gasteiger partial charge in [0, 0.05) is 6.42 Å². The molecule has 0 spiro atoms. The minimum absolute atomic E-state index is 0.211. The number of hydrogen-bond donors (Lipinski definition) is 0. The highest BCUT2D eigenvalue weighted by Crippen LogP contribution is 2.16. The van der Waals surface area contributed by atoms with Crippen molar-refractivity contribution in [3.8, 4) is 5.75 Å². The van der Waals surface area contributed by atoms with Crippen LogP contribution in [-0.2, 0) is 9.53 Å². The van der Waals surface area contributed by atoms with Crippen molar-refractivity contribution in [2.24, 2.45) is 0 Å². The van der Waals surface area contributed by atoms with Crippen LogP contribution in [0.1, 0.15) is 25.3 Å². The molecule has 0 unspecified atom stereocenters. The first-order valence-corrected chi connectivity index (χ1v) is 5.11. The molecular formula is C12H14O4. The van der Waals surface area contributed by atoms with Crippen molar-refractivity contribution >= 4 is 12.1 Å². The molecule has 0 radical (unpaired) electrons. The Kier molecular flexibility index (Phi) is 4.51. The summed E-state index contributed by atoms with van der Waals surface area (Å²) < 4.78 is 9.33. The third-order valence-corrected chi connectivity index (χ3v) is 1.94. The molecule has 4 nitrogen and oxygen atoms in total. The predicted molar refractivity (Wildman–Crippen MR) is 58.2 cm³/mol. The number of esters is 1. The molecule has 0 fully saturated rings. The zero-order valence-corrected chi connectivity index (χ0v) is 9.36. The fourth-order valence-electron chi connectivity index (χ4n) is 1.13. The van der Waals surface area contributed by atoms with E-state index in [1.165, 1.54) is 0 Å². The molecule has 1 aromatic carbocycles. The Balaban J connectivity index is 2.52. The third-order valence-electron chi connectivity index (χ3n) is 1.94. The molecule has 0 aromatic heterocycles. The van der Waals surface area contributed by atoms with Crippen LogP contribution in [-0.4, -0.2) is 12.1 Å². The van der Waals surface area contributed by atoms with Crippen LogP contribution in [0.25, 0.3) is 0 Å². The highest BCUT2D eigenvalue weighted by molar-refractivity contribution is 5.82. The number of ether oxygens (including phenoxy) is 2. The average Bonchev–Trinajstić information content (AvgIpc) is 2.21. The second kappa shape index (κ2) is 5.90. The Morgan fingerprint density at radius 2 is 1.94 bits per heavy atom. The van der Waals surface area contributed by atoms with Crippen molar-refractivity contribution in [3.05, 3.63) is 29.8 Å². The molecule has 0 atom stereocenters. The number of carbonyl (C=O) groups is 2. The van der Waals surface area contributed by atoms with Gasteiger partial charge in [0.2, 0.25) is 0 Å². The molecule has 86 valence electrons. The highest BCUT2D eigenvalue weighted by Gasteiger charge is 2.12. The van der Waals surface area contributed by atoms with Gasteiger partial charge in [-0.2, -0.15) is 0 Å². The van der Waals surface area contributed by atoms with Gasteiger partial charge in [-0.05, 0) is 25.0 Å². The Morgan fingerprint density at radius 3 is 2.56 bits per heavy atom. The zero-order valence-electron chi connectivity index (χ0n) is 9.36. The van der Waals surface area contributed by atoms with E-state index in [1.54, 1.807) is 25.1 Å². The molecule has 0 saturated carbocycles. The van der Waals surface area contributed by atoms with Gasteiger partial charge in [0.1, 0.15) is 5.75 Å². The number of rotatable bonds is 3. The molecule has 0 aliphatic carbocycles. The van der Waals surface area contributed by atoms with Crippen LogP contribution in [0.15, 0.2) is 24.3 Å². The maximum atomic E-state index is 11.2. The van der Waals surface area contributed by atoms with Gasteiger partial charge in [-0.1, -0.05) is 25.1 Å². The van der Waals surface area contributed by atoms with Crippen LogP contribution in [0.3, 0.4) is 0 Å². The second-order valence-electron chi connectivity index (χ2n) is 3.34. The lowest BCUT2D eigenvalue weighted by Crippen LogP contribution is -2.16. The van der Waals surface area contributed by atoms with E-state index in [1.807, 2.05) is 13.0 Å². The van der Waals surface area contributed by atoms with E-state index >= 15 is 0 Å². The maximum absolute atomic E-state index is 11.2. The largest absolute Gasteiger partial charge is 0.521 e. The van der Waals surface area contributed by atoms with Crippen molar-refractivity contribution in [1.82, 2.24) is 0 Å². The molecule has 0 aliphatic rings. The zero-order chi connectivity index (χ0) is 12.0. The number of carbonyl (C=O) groups excluding carboxylic acids is 2. The average molecular weight is 222 g/mol. The van der Waals surface area contributed by atoms with E-state index in [4.69, 9.17) is 4.74 Å². The van der Waals surface area contributed by atoms with Crippen molar-refractivity contribution in [2.75, 3.05) is 0 Å². The van der Waals surface area contributed by atoms with Gasteiger partial charge in [0.25, 0.3) is 0 Å². The number of aryl methyl sites for hydroxylation is 1. The molecule has 1 aromatic rings. The molecule has 4 heteroatoms. The summed E-state index contributed by atoms with van der Waals surface area (Å²) in [7, 11) is 0. The molecular weight excluding hydrogens is 208 g/mol. The number of para-hydroxylation sites is 1. The molecule has 16 heavy (non-hydrogen) atoms. The quantitative estimate of drug-likeness (QED) is 0.448. The molecule has 1 rings (SSSR count). The second-order valence-corrected chi connectivity index (χ2v) is 3.34. The summed E-state index contributed by atoms with van der Waals surface area (Å²) in [4.78, 5) is 22.2. The van der Waals surface area contributed by atoms with Gasteiger partial charge >= 0.3 is 12.1 Å². The van der Waals surface area contributed by atoms with Crippen LogP contribution < -0.4 is 4.74 Å². The highest BCUT2D eigenvalue weighted by atomic mass is 16.7. The molecule has 0 amide bonds. The lowest BCUT2D eigenvalue weighted by atomic mass is 10.2. The van der Waals surface area contributed by atoms with E-state index in [9.17, 15) is 9.59 Å². The minimum Gasteiger partial charge on any atom is -0.394 e. The van der Waals surface area contributed by atoms with Crippen LogP contribution in [0.2, 0.25) is 0 Å². The molecule has 0 heterocycles.